The number of nitrogen functional groups attached to an aromatic ring is 1. The van der Waals surface area contributed by atoms with Gasteiger partial charge < -0.3 is 10.8 Å². The fraction of sp³-hybridized carbons (Fsp3) is 0.455. The number of rotatable bonds is 4. The molecule has 1 aromatic rings. The van der Waals surface area contributed by atoms with Crippen LogP contribution >= 0.6 is 23.4 Å². The van der Waals surface area contributed by atoms with E-state index >= 15 is 0 Å². The van der Waals surface area contributed by atoms with Crippen molar-refractivity contribution in [2.24, 2.45) is 0 Å². The van der Waals surface area contributed by atoms with Gasteiger partial charge in [-0.05, 0) is 30.7 Å². The van der Waals surface area contributed by atoms with E-state index in [-0.39, 0.29) is 11.4 Å². The second-order valence-electron chi connectivity index (χ2n) is 3.60. The van der Waals surface area contributed by atoms with Crippen LogP contribution in [0.1, 0.15) is 19.4 Å². The molecule has 84 valence electrons. The molecule has 0 bridgehead atoms. The van der Waals surface area contributed by atoms with E-state index in [0.29, 0.717) is 5.02 Å². The maximum Gasteiger partial charge on any atom is 0.0628 e. The van der Waals surface area contributed by atoms with E-state index in [1.54, 1.807) is 24.8 Å². The smallest absolute Gasteiger partial charge is 0.0628 e. The zero-order chi connectivity index (χ0) is 11.4. The Hall–Kier alpha value is -0.380. The minimum atomic E-state index is -0.310. The van der Waals surface area contributed by atoms with Crippen LogP contribution in [0.5, 0.6) is 0 Å². The fourth-order valence-electron chi connectivity index (χ4n) is 1.06. The third-order valence-electron chi connectivity index (χ3n) is 2.29. The van der Waals surface area contributed by atoms with Gasteiger partial charge in [-0.1, -0.05) is 18.5 Å². The first-order valence-electron chi connectivity index (χ1n) is 4.84. The van der Waals surface area contributed by atoms with E-state index in [1.165, 1.54) is 0 Å². The van der Waals surface area contributed by atoms with Crippen LogP contribution in [0.3, 0.4) is 0 Å². The van der Waals surface area contributed by atoms with Gasteiger partial charge in [0.05, 0.1) is 6.10 Å². The van der Waals surface area contributed by atoms with E-state index < -0.39 is 0 Å². The Bertz CT molecular complexity index is 330. The summed E-state index contributed by atoms with van der Waals surface area (Å²) in [6.07, 6.45) is -0.310. The molecular weight excluding hydrogens is 230 g/mol. The standard InChI is InChI=1S/C11H16ClNOS/c1-7(14)8(2)15-6-9-5-10(12)3-4-11(9)13/h3-5,7-8,14H,6,13H2,1-2H3. The molecule has 15 heavy (non-hydrogen) atoms. The highest BCUT2D eigenvalue weighted by Gasteiger charge is 2.10. The molecule has 0 saturated heterocycles. The number of anilines is 1. The minimum Gasteiger partial charge on any atom is -0.398 e. The maximum atomic E-state index is 9.34. The lowest BCUT2D eigenvalue weighted by Gasteiger charge is -2.14. The molecule has 2 atom stereocenters. The summed E-state index contributed by atoms with van der Waals surface area (Å²) in [5.41, 5.74) is 7.60. The van der Waals surface area contributed by atoms with Crippen LogP contribution in [0.15, 0.2) is 18.2 Å². The number of thioether (sulfide) groups is 1. The van der Waals surface area contributed by atoms with E-state index in [2.05, 4.69) is 0 Å². The van der Waals surface area contributed by atoms with Gasteiger partial charge in [-0.25, -0.2) is 0 Å². The molecule has 2 unspecified atom stereocenters. The molecule has 0 amide bonds. The molecular formula is C11H16ClNOS. The van der Waals surface area contributed by atoms with E-state index in [4.69, 9.17) is 17.3 Å². The molecule has 1 rings (SSSR count). The van der Waals surface area contributed by atoms with Crippen LogP contribution in [0.25, 0.3) is 0 Å². The number of nitrogens with two attached hydrogens (primary N) is 1. The molecule has 3 N–H and O–H groups in total. The van der Waals surface area contributed by atoms with Gasteiger partial charge >= 0.3 is 0 Å². The normalized spacial score (nSPS) is 14.9. The van der Waals surface area contributed by atoms with Gasteiger partial charge in [0.25, 0.3) is 0 Å². The Morgan fingerprint density at radius 2 is 2.13 bits per heavy atom. The van der Waals surface area contributed by atoms with E-state index in [1.807, 2.05) is 19.1 Å². The van der Waals surface area contributed by atoms with Crippen molar-refractivity contribution < 1.29 is 5.11 Å². The molecule has 4 heteroatoms. The van der Waals surface area contributed by atoms with Crippen LogP contribution in [-0.4, -0.2) is 16.5 Å². The van der Waals surface area contributed by atoms with Gasteiger partial charge in [0, 0.05) is 21.7 Å². The Morgan fingerprint density at radius 1 is 1.47 bits per heavy atom. The van der Waals surface area contributed by atoms with Crippen molar-refractivity contribution in [1.29, 1.82) is 0 Å². The summed E-state index contributed by atoms with van der Waals surface area (Å²) in [5, 5.41) is 10.2. The van der Waals surface area contributed by atoms with Crippen LogP contribution in [0, 0.1) is 0 Å². The van der Waals surface area contributed by atoms with Crippen molar-refractivity contribution in [2.75, 3.05) is 5.73 Å². The molecule has 0 spiro atoms. The van der Waals surface area contributed by atoms with E-state index in [9.17, 15) is 5.11 Å². The van der Waals surface area contributed by atoms with Crippen molar-refractivity contribution in [3.63, 3.8) is 0 Å². The number of benzene rings is 1. The lowest BCUT2D eigenvalue weighted by molar-refractivity contribution is 0.196. The Morgan fingerprint density at radius 3 is 2.73 bits per heavy atom. The molecule has 1 aromatic carbocycles. The van der Waals surface area contributed by atoms with Gasteiger partial charge in [-0.3, -0.25) is 0 Å². The third-order valence-corrected chi connectivity index (χ3v) is 3.92. The number of halogens is 1. The quantitative estimate of drug-likeness (QED) is 0.802. The molecule has 0 fully saturated rings. The molecule has 0 heterocycles. The van der Waals surface area contributed by atoms with E-state index in [0.717, 1.165) is 17.0 Å². The fourth-order valence-corrected chi connectivity index (χ4v) is 2.23. The van der Waals surface area contributed by atoms with Crippen molar-refractivity contribution >= 4 is 29.1 Å². The highest BCUT2D eigenvalue weighted by atomic mass is 35.5. The number of aliphatic hydroxyl groups is 1. The second kappa shape index (κ2) is 5.64. The summed E-state index contributed by atoms with van der Waals surface area (Å²) in [5.74, 6) is 0.776. The zero-order valence-electron chi connectivity index (χ0n) is 8.90. The molecule has 0 aliphatic carbocycles. The van der Waals surface area contributed by atoms with Crippen molar-refractivity contribution in [3.8, 4) is 0 Å². The van der Waals surface area contributed by atoms with Crippen molar-refractivity contribution in [2.45, 2.75) is 31.0 Å². The first kappa shape index (κ1) is 12.7. The lowest BCUT2D eigenvalue weighted by atomic mass is 10.2. The lowest BCUT2D eigenvalue weighted by Crippen LogP contribution is -2.15. The summed E-state index contributed by atoms with van der Waals surface area (Å²) >= 11 is 7.55. The van der Waals surface area contributed by atoms with Gasteiger partial charge in [0.15, 0.2) is 0 Å². The largest absolute Gasteiger partial charge is 0.398 e. The maximum absolute atomic E-state index is 9.34. The minimum absolute atomic E-state index is 0.198. The Balaban J connectivity index is 2.61. The SMILES string of the molecule is CC(O)C(C)SCc1cc(Cl)ccc1N. The third kappa shape index (κ3) is 3.93. The molecule has 0 aliphatic heterocycles. The molecule has 0 radical (unpaired) electrons. The van der Waals surface area contributed by atoms with Crippen molar-refractivity contribution in [1.82, 2.24) is 0 Å². The Labute approximate surface area is 99.8 Å². The van der Waals surface area contributed by atoms with Gasteiger partial charge in [0.1, 0.15) is 0 Å². The summed E-state index contributed by atoms with van der Waals surface area (Å²) < 4.78 is 0. The summed E-state index contributed by atoms with van der Waals surface area (Å²) in [4.78, 5) is 0. The molecule has 0 aromatic heterocycles. The molecule has 0 saturated carbocycles. The first-order chi connectivity index (χ1) is 7.00. The first-order valence-corrected chi connectivity index (χ1v) is 6.27. The van der Waals surface area contributed by atoms with Crippen LogP contribution in [0.2, 0.25) is 5.02 Å². The number of hydrogen-bond donors (Lipinski definition) is 2. The summed E-state index contributed by atoms with van der Waals surface area (Å²) in [6.45, 7) is 3.79. The zero-order valence-corrected chi connectivity index (χ0v) is 10.5. The second-order valence-corrected chi connectivity index (χ2v) is 5.40. The Kier molecular flexibility index (Phi) is 4.77. The summed E-state index contributed by atoms with van der Waals surface area (Å²) in [6, 6.07) is 5.47. The van der Waals surface area contributed by atoms with Gasteiger partial charge in [-0.15, -0.1) is 0 Å². The number of aliphatic hydroxyl groups excluding tert-OH is 1. The monoisotopic (exact) mass is 245 g/mol. The van der Waals surface area contributed by atoms with Crippen LogP contribution < -0.4 is 5.73 Å². The highest BCUT2D eigenvalue weighted by Crippen LogP contribution is 2.25. The van der Waals surface area contributed by atoms with Gasteiger partial charge in [0.2, 0.25) is 0 Å². The predicted octanol–water partition coefficient (Wildman–Crippen LogP) is 2.92. The highest BCUT2D eigenvalue weighted by molar-refractivity contribution is 7.99. The van der Waals surface area contributed by atoms with Crippen molar-refractivity contribution in [3.05, 3.63) is 28.8 Å². The summed E-state index contributed by atoms with van der Waals surface area (Å²) in [7, 11) is 0. The molecule has 0 aliphatic rings. The number of hydrogen-bond acceptors (Lipinski definition) is 3. The predicted molar refractivity (Wildman–Crippen MR) is 68.3 cm³/mol. The average Bonchev–Trinajstić information content (AvgIpc) is 2.18. The average molecular weight is 246 g/mol. The van der Waals surface area contributed by atoms with Gasteiger partial charge in [-0.2, -0.15) is 11.8 Å². The topological polar surface area (TPSA) is 46.2 Å². The molecule has 2 nitrogen and oxygen atoms in total. The van der Waals surface area contributed by atoms with Crippen LogP contribution in [0.4, 0.5) is 5.69 Å². The van der Waals surface area contributed by atoms with Crippen LogP contribution in [-0.2, 0) is 5.75 Å².